The van der Waals surface area contributed by atoms with Gasteiger partial charge in [-0.25, -0.2) is 4.98 Å². The summed E-state index contributed by atoms with van der Waals surface area (Å²) in [5, 5.41) is 13.6. The van der Waals surface area contributed by atoms with Gasteiger partial charge in [0.2, 0.25) is 11.0 Å². The van der Waals surface area contributed by atoms with Crippen LogP contribution in [0.15, 0.2) is 39.7 Å². The number of para-hydroxylation sites is 1. The molecular weight excluding hydrogens is 328 g/mol. The van der Waals surface area contributed by atoms with Gasteiger partial charge in [0.1, 0.15) is 5.03 Å². The molecule has 1 aliphatic rings. The Bertz CT molecular complexity index is 889. The van der Waals surface area contributed by atoms with Crippen LogP contribution in [0.4, 0.5) is 5.13 Å². The number of pyridine rings is 1. The summed E-state index contributed by atoms with van der Waals surface area (Å²) in [6, 6.07) is 10.1. The zero-order chi connectivity index (χ0) is 15.8. The van der Waals surface area contributed by atoms with Gasteiger partial charge in [-0.2, -0.15) is 0 Å². The average Bonchev–Trinajstić information content (AvgIpc) is 3.30. The second-order valence-electron chi connectivity index (χ2n) is 5.53. The molecule has 0 atom stereocenters. The summed E-state index contributed by atoms with van der Waals surface area (Å²) in [5.74, 6) is 0.220. The Kier molecular flexibility index (Phi) is 3.74. The number of fused-ring (bicyclic) bond motifs is 1. The van der Waals surface area contributed by atoms with Crippen molar-refractivity contribution in [3.8, 4) is 0 Å². The van der Waals surface area contributed by atoms with E-state index in [2.05, 4.69) is 39.6 Å². The number of anilines is 1. The van der Waals surface area contributed by atoms with E-state index in [0.29, 0.717) is 5.13 Å². The van der Waals surface area contributed by atoms with E-state index in [4.69, 9.17) is 0 Å². The van der Waals surface area contributed by atoms with Crippen molar-refractivity contribution in [3.63, 3.8) is 0 Å². The first-order valence-corrected chi connectivity index (χ1v) is 9.01. The lowest BCUT2D eigenvalue weighted by molar-refractivity contribution is -0.117. The van der Waals surface area contributed by atoms with Crippen molar-refractivity contribution < 1.29 is 4.79 Å². The highest BCUT2D eigenvalue weighted by atomic mass is 32.2. The fourth-order valence-corrected chi connectivity index (χ4v) is 4.09. The zero-order valence-corrected chi connectivity index (χ0v) is 14.1. The van der Waals surface area contributed by atoms with E-state index in [0.717, 1.165) is 33.1 Å². The van der Waals surface area contributed by atoms with Gasteiger partial charge >= 0.3 is 0 Å². The molecular formula is C16H14N4OS2. The number of rotatable bonds is 4. The SMILES string of the molecule is Cc1cc(Sc2nnc(NC(=O)C3CC3)s2)nc2ccccc12. The fraction of sp³-hybridized carbons (Fsp3) is 0.250. The topological polar surface area (TPSA) is 67.8 Å². The van der Waals surface area contributed by atoms with Gasteiger partial charge in [-0.1, -0.05) is 29.5 Å². The maximum Gasteiger partial charge on any atom is 0.229 e. The smallest absolute Gasteiger partial charge is 0.229 e. The number of carbonyl (C=O) groups is 1. The lowest BCUT2D eigenvalue weighted by Crippen LogP contribution is -2.12. The minimum atomic E-state index is 0.0531. The van der Waals surface area contributed by atoms with E-state index in [-0.39, 0.29) is 11.8 Å². The van der Waals surface area contributed by atoms with Crippen molar-refractivity contribution in [2.24, 2.45) is 5.92 Å². The number of nitrogens with one attached hydrogen (secondary N) is 1. The molecule has 2 heterocycles. The lowest BCUT2D eigenvalue weighted by Gasteiger charge is -2.04. The normalized spacial score (nSPS) is 14.1. The van der Waals surface area contributed by atoms with E-state index in [1.54, 1.807) is 0 Å². The molecule has 0 bridgehead atoms. The van der Waals surface area contributed by atoms with Crippen molar-refractivity contribution in [1.82, 2.24) is 15.2 Å². The molecule has 7 heteroatoms. The van der Waals surface area contributed by atoms with Crippen LogP contribution in [0.3, 0.4) is 0 Å². The minimum Gasteiger partial charge on any atom is -0.300 e. The summed E-state index contributed by atoms with van der Waals surface area (Å²) in [7, 11) is 0. The van der Waals surface area contributed by atoms with Crippen LogP contribution < -0.4 is 5.32 Å². The molecule has 0 spiro atoms. The molecule has 1 N–H and O–H groups in total. The summed E-state index contributed by atoms with van der Waals surface area (Å²) in [5.41, 5.74) is 2.16. The first-order chi connectivity index (χ1) is 11.2. The molecule has 1 aliphatic carbocycles. The van der Waals surface area contributed by atoms with Crippen molar-refractivity contribution >= 4 is 45.0 Å². The molecule has 1 fully saturated rings. The predicted molar refractivity (Wildman–Crippen MR) is 91.9 cm³/mol. The number of amides is 1. The number of carbonyl (C=O) groups excluding carboxylic acids is 1. The molecule has 1 aromatic carbocycles. The number of benzene rings is 1. The van der Waals surface area contributed by atoms with Crippen LogP contribution in [0.5, 0.6) is 0 Å². The van der Waals surface area contributed by atoms with Gasteiger partial charge in [-0.05, 0) is 49.2 Å². The molecule has 0 unspecified atom stereocenters. The number of hydrogen-bond donors (Lipinski definition) is 1. The van der Waals surface area contributed by atoms with E-state index in [1.807, 2.05) is 18.2 Å². The summed E-state index contributed by atoms with van der Waals surface area (Å²) < 4.78 is 0.776. The standard InChI is InChI=1S/C16H14N4OS2/c1-9-8-13(17-12-5-3-2-4-11(9)12)22-16-20-19-15(23-16)18-14(21)10-6-7-10/h2-5,8,10H,6-7H2,1H3,(H,18,19,21). The molecule has 5 nitrogen and oxygen atoms in total. The van der Waals surface area contributed by atoms with Crippen LogP contribution in [0.25, 0.3) is 10.9 Å². The Morgan fingerprint density at radius 2 is 2.13 bits per heavy atom. The minimum absolute atomic E-state index is 0.0531. The third-order valence-electron chi connectivity index (χ3n) is 3.68. The number of aromatic nitrogens is 3. The second kappa shape index (κ2) is 5.90. The largest absolute Gasteiger partial charge is 0.300 e. The van der Waals surface area contributed by atoms with Gasteiger partial charge in [-0.3, -0.25) is 4.79 Å². The third kappa shape index (κ3) is 3.20. The number of aryl methyl sites for hydroxylation is 1. The molecule has 2 aromatic heterocycles. The molecule has 1 saturated carbocycles. The van der Waals surface area contributed by atoms with Crippen LogP contribution in [0, 0.1) is 12.8 Å². The van der Waals surface area contributed by atoms with Crippen LogP contribution in [-0.2, 0) is 4.79 Å². The summed E-state index contributed by atoms with van der Waals surface area (Å²) in [4.78, 5) is 16.4. The van der Waals surface area contributed by atoms with Crippen LogP contribution >= 0.6 is 23.1 Å². The van der Waals surface area contributed by atoms with Gasteiger partial charge in [0.15, 0.2) is 4.34 Å². The first kappa shape index (κ1) is 14.6. The van der Waals surface area contributed by atoms with Gasteiger partial charge < -0.3 is 5.32 Å². The summed E-state index contributed by atoms with van der Waals surface area (Å²) >= 11 is 2.85. The Hall–Kier alpha value is -1.99. The van der Waals surface area contributed by atoms with Gasteiger partial charge in [-0.15, -0.1) is 10.2 Å². The van der Waals surface area contributed by atoms with Crippen LogP contribution in [-0.4, -0.2) is 21.1 Å². The zero-order valence-electron chi connectivity index (χ0n) is 12.4. The maximum absolute atomic E-state index is 11.7. The molecule has 3 aromatic rings. The quantitative estimate of drug-likeness (QED) is 0.729. The Morgan fingerprint density at radius 1 is 1.30 bits per heavy atom. The monoisotopic (exact) mass is 342 g/mol. The molecule has 23 heavy (non-hydrogen) atoms. The van der Waals surface area contributed by atoms with Crippen molar-refractivity contribution in [3.05, 3.63) is 35.9 Å². The number of nitrogens with zero attached hydrogens (tertiary/aromatic N) is 3. The third-order valence-corrected chi connectivity index (χ3v) is 5.48. The van der Waals surface area contributed by atoms with E-state index < -0.39 is 0 Å². The number of hydrogen-bond acceptors (Lipinski definition) is 6. The van der Waals surface area contributed by atoms with Crippen LogP contribution in [0.2, 0.25) is 0 Å². The first-order valence-electron chi connectivity index (χ1n) is 7.37. The van der Waals surface area contributed by atoms with E-state index in [9.17, 15) is 4.79 Å². The van der Waals surface area contributed by atoms with Gasteiger partial charge in [0, 0.05) is 11.3 Å². The van der Waals surface area contributed by atoms with Gasteiger partial charge in [0.25, 0.3) is 0 Å². The molecule has 0 radical (unpaired) electrons. The van der Waals surface area contributed by atoms with Crippen molar-refractivity contribution in [2.45, 2.75) is 29.1 Å². The molecule has 1 amide bonds. The Balaban J connectivity index is 1.53. The molecule has 116 valence electrons. The Morgan fingerprint density at radius 3 is 2.96 bits per heavy atom. The highest BCUT2D eigenvalue weighted by Crippen LogP contribution is 2.34. The Labute approximate surface area is 141 Å². The second-order valence-corrected chi connectivity index (χ2v) is 7.78. The average molecular weight is 342 g/mol. The van der Waals surface area contributed by atoms with Crippen LogP contribution in [0.1, 0.15) is 18.4 Å². The maximum atomic E-state index is 11.7. The van der Waals surface area contributed by atoms with Gasteiger partial charge in [0.05, 0.1) is 5.52 Å². The van der Waals surface area contributed by atoms with E-state index in [1.165, 1.54) is 28.7 Å². The summed E-state index contributed by atoms with van der Waals surface area (Å²) in [6.45, 7) is 2.08. The summed E-state index contributed by atoms with van der Waals surface area (Å²) in [6.07, 6.45) is 1.96. The van der Waals surface area contributed by atoms with Crippen molar-refractivity contribution in [2.75, 3.05) is 5.32 Å². The lowest BCUT2D eigenvalue weighted by atomic mass is 10.1. The van der Waals surface area contributed by atoms with Crippen molar-refractivity contribution in [1.29, 1.82) is 0 Å². The van der Waals surface area contributed by atoms with E-state index >= 15 is 0 Å². The molecule has 0 saturated heterocycles. The fourth-order valence-electron chi connectivity index (χ4n) is 2.31. The molecule has 4 rings (SSSR count). The predicted octanol–water partition coefficient (Wildman–Crippen LogP) is 3.89. The molecule has 0 aliphatic heterocycles. The highest BCUT2D eigenvalue weighted by molar-refractivity contribution is 8.01. The highest BCUT2D eigenvalue weighted by Gasteiger charge is 2.30.